The highest BCUT2D eigenvalue weighted by molar-refractivity contribution is 7.99. The first-order chi connectivity index (χ1) is 13.1. The summed E-state index contributed by atoms with van der Waals surface area (Å²) in [6.07, 6.45) is 2.24. The quantitative estimate of drug-likeness (QED) is 0.645. The number of nitrogens with one attached hydrogen (secondary N) is 1. The van der Waals surface area contributed by atoms with Gasteiger partial charge in [0, 0.05) is 17.3 Å². The Bertz CT molecular complexity index is 969. The van der Waals surface area contributed by atoms with E-state index >= 15 is 0 Å². The van der Waals surface area contributed by atoms with Crippen LogP contribution in [0.2, 0.25) is 0 Å². The molecule has 1 aromatic heterocycles. The zero-order valence-electron chi connectivity index (χ0n) is 14.9. The molecule has 3 aromatic rings. The molecule has 0 radical (unpaired) electrons. The smallest absolute Gasteiger partial charge is 0.234 e. The van der Waals surface area contributed by atoms with Crippen molar-refractivity contribution in [3.8, 4) is 5.69 Å². The van der Waals surface area contributed by atoms with Crippen LogP contribution >= 0.6 is 11.8 Å². The number of aromatic nitrogens is 3. The molecule has 0 saturated heterocycles. The van der Waals surface area contributed by atoms with Crippen molar-refractivity contribution in [1.29, 1.82) is 0 Å². The van der Waals surface area contributed by atoms with E-state index in [0.717, 1.165) is 29.9 Å². The minimum absolute atomic E-state index is 0.172. The molecular formula is C20H19FN4OS. The molecule has 0 aliphatic heterocycles. The predicted molar refractivity (Wildman–Crippen MR) is 104 cm³/mol. The molecule has 2 aromatic carbocycles. The summed E-state index contributed by atoms with van der Waals surface area (Å²) in [5.74, 6) is 0.984. The highest BCUT2D eigenvalue weighted by Crippen LogP contribution is 2.41. The van der Waals surface area contributed by atoms with Gasteiger partial charge in [-0.2, -0.15) is 0 Å². The van der Waals surface area contributed by atoms with Crippen molar-refractivity contribution < 1.29 is 9.18 Å². The van der Waals surface area contributed by atoms with Crippen molar-refractivity contribution in [2.24, 2.45) is 0 Å². The Hall–Kier alpha value is -2.67. The van der Waals surface area contributed by atoms with Crippen molar-refractivity contribution in [2.75, 3.05) is 11.1 Å². The van der Waals surface area contributed by atoms with Crippen molar-refractivity contribution in [3.63, 3.8) is 0 Å². The number of hydrogen-bond acceptors (Lipinski definition) is 4. The minimum atomic E-state index is -0.374. The zero-order chi connectivity index (χ0) is 18.8. The average Bonchev–Trinajstić information content (AvgIpc) is 3.43. The maximum absolute atomic E-state index is 13.4. The lowest BCUT2D eigenvalue weighted by atomic mass is 10.2. The van der Waals surface area contributed by atoms with Gasteiger partial charge in [-0.05, 0) is 49.6 Å². The van der Waals surface area contributed by atoms with Crippen molar-refractivity contribution in [2.45, 2.75) is 30.8 Å². The van der Waals surface area contributed by atoms with Gasteiger partial charge in [0.2, 0.25) is 5.91 Å². The van der Waals surface area contributed by atoms with E-state index in [-0.39, 0.29) is 17.5 Å². The van der Waals surface area contributed by atoms with Gasteiger partial charge in [-0.1, -0.05) is 36.0 Å². The van der Waals surface area contributed by atoms with E-state index in [9.17, 15) is 9.18 Å². The second-order valence-electron chi connectivity index (χ2n) is 6.58. The summed E-state index contributed by atoms with van der Waals surface area (Å²) in [4.78, 5) is 12.3. The molecule has 138 valence electrons. The van der Waals surface area contributed by atoms with Crippen LogP contribution in [0.1, 0.15) is 30.1 Å². The number of thioether (sulfide) groups is 1. The molecule has 1 aliphatic carbocycles. The summed E-state index contributed by atoms with van der Waals surface area (Å²) >= 11 is 1.33. The Morgan fingerprint density at radius 2 is 2.00 bits per heavy atom. The number of anilines is 1. The molecule has 1 fully saturated rings. The maximum Gasteiger partial charge on any atom is 0.234 e. The number of hydrogen-bond donors (Lipinski definition) is 1. The lowest BCUT2D eigenvalue weighted by Gasteiger charge is -2.10. The topological polar surface area (TPSA) is 59.8 Å². The van der Waals surface area contributed by atoms with Gasteiger partial charge in [0.05, 0.1) is 5.75 Å². The van der Waals surface area contributed by atoms with Crippen LogP contribution in [-0.2, 0) is 4.79 Å². The third-order valence-electron chi connectivity index (χ3n) is 4.42. The Kier molecular flexibility index (Phi) is 4.94. The van der Waals surface area contributed by atoms with E-state index in [2.05, 4.69) is 15.5 Å². The molecule has 7 heteroatoms. The molecule has 0 bridgehead atoms. The Morgan fingerprint density at radius 1 is 1.22 bits per heavy atom. The fourth-order valence-electron chi connectivity index (χ4n) is 2.85. The maximum atomic E-state index is 13.4. The molecule has 1 aliphatic rings. The summed E-state index contributed by atoms with van der Waals surface area (Å²) < 4.78 is 15.4. The average molecular weight is 382 g/mol. The largest absolute Gasteiger partial charge is 0.325 e. The minimum Gasteiger partial charge on any atom is -0.325 e. The van der Waals surface area contributed by atoms with Crippen molar-refractivity contribution in [3.05, 3.63) is 65.7 Å². The van der Waals surface area contributed by atoms with Crippen LogP contribution in [0.25, 0.3) is 5.69 Å². The number of benzene rings is 2. The van der Waals surface area contributed by atoms with Crippen LogP contribution in [-0.4, -0.2) is 26.4 Å². The Balaban J connectivity index is 1.50. The monoisotopic (exact) mass is 382 g/mol. The second-order valence-corrected chi connectivity index (χ2v) is 7.52. The lowest BCUT2D eigenvalue weighted by molar-refractivity contribution is -0.113. The molecule has 4 rings (SSSR count). The number of amides is 1. The Labute approximate surface area is 161 Å². The highest BCUT2D eigenvalue weighted by atomic mass is 32.2. The van der Waals surface area contributed by atoms with E-state index in [1.54, 1.807) is 6.07 Å². The second kappa shape index (κ2) is 7.52. The first kappa shape index (κ1) is 17.7. The van der Waals surface area contributed by atoms with Gasteiger partial charge in [0.15, 0.2) is 5.16 Å². The van der Waals surface area contributed by atoms with Gasteiger partial charge in [-0.3, -0.25) is 9.36 Å². The van der Waals surface area contributed by atoms with Gasteiger partial charge in [-0.25, -0.2) is 4.39 Å². The van der Waals surface area contributed by atoms with Crippen LogP contribution < -0.4 is 5.32 Å². The van der Waals surface area contributed by atoms with Gasteiger partial charge < -0.3 is 5.32 Å². The summed E-state index contributed by atoms with van der Waals surface area (Å²) in [6.45, 7) is 1.83. The fourth-order valence-corrected chi connectivity index (χ4v) is 3.60. The number of aryl methyl sites for hydroxylation is 1. The summed E-state index contributed by atoms with van der Waals surface area (Å²) in [6, 6.07) is 14.3. The number of nitrogens with zero attached hydrogens (tertiary/aromatic N) is 3. The normalized spacial score (nSPS) is 13.6. The van der Waals surface area contributed by atoms with E-state index in [1.165, 1.54) is 23.9 Å². The van der Waals surface area contributed by atoms with Crippen molar-refractivity contribution in [1.82, 2.24) is 14.8 Å². The molecule has 5 nitrogen and oxygen atoms in total. The zero-order valence-corrected chi connectivity index (χ0v) is 15.7. The molecule has 0 atom stereocenters. The molecule has 1 N–H and O–H groups in total. The predicted octanol–water partition coefficient (Wildman–Crippen LogP) is 4.32. The van der Waals surface area contributed by atoms with Crippen LogP contribution in [0.3, 0.4) is 0 Å². The van der Waals surface area contributed by atoms with Crippen LogP contribution in [0.15, 0.2) is 53.7 Å². The van der Waals surface area contributed by atoms with E-state index in [0.29, 0.717) is 16.8 Å². The molecule has 1 amide bonds. The van der Waals surface area contributed by atoms with Crippen LogP contribution in [0, 0.1) is 12.7 Å². The van der Waals surface area contributed by atoms with Crippen LogP contribution in [0.5, 0.6) is 0 Å². The molecular weight excluding hydrogens is 363 g/mol. The molecule has 0 spiro atoms. The van der Waals surface area contributed by atoms with Gasteiger partial charge in [-0.15, -0.1) is 10.2 Å². The summed E-state index contributed by atoms with van der Waals surface area (Å²) in [5.41, 5.74) is 2.30. The molecule has 1 saturated carbocycles. The highest BCUT2D eigenvalue weighted by Gasteiger charge is 2.31. The van der Waals surface area contributed by atoms with Crippen molar-refractivity contribution >= 4 is 23.4 Å². The number of rotatable bonds is 6. The van der Waals surface area contributed by atoms with Gasteiger partial charge in [0.1, 0.15) is 11.6 Å². The van der Waals surface area contributed by atoms with E-state index in [4.69, 9.17) is 0 Å². The van der Waals surface area contributed by atoms with Gasteiger partial charge >= 0.3 is 0 Å². The third kappa shape index (κ3) is 4.03. The molecule has 0 unspecified atom stereocenters. The van der Waals surface area contributed by atoms with E-state index < -0.39 is 0 Å². The molecule has 1 heterocycles. The molecule has 27 heavy (non-hydrogen) atoms. The summed E-state index contributed by atoms with van der Waals surface area (Å²) in [7, 11) is 0. The number of carbonyl (C=O) groups excluding carboxylic acids is 1. The summed E-state index contributed by atoms with van der Waals surface area (Å²) in [5, 5.41) is 12.1. The number of carbonyl (C=O) groups is 1. The SMILES string of the molecule is Cc1ccc(F)cc1NC(=O)CSc1nnc(C2CC2)n1-c1ccccc1. The first-order valence-corrected chi connectivity index (χ1v) is 9.80. The van der Waals surface area contributed by atoms with E-state index in [1.807, 2.05) is 41.8 Å². The number of para-hydroxylation sites is 1. The van der Waals surface area contributed by atoms with Gasteiger partial charge in [0.25, 0.3) is 0 Å². The fraction of sp³-hybridized carbons (Fsp3) is 0.250. The lowest BCUT2D eigenvalue weighted by Crippen LogP contribution is -2.15. The first-order valence-electron chi connectivity index (χ1n) is 8.81. The standard InChI is InChI=1S/C20H19FN4OS/c1-13-7-10-15(21)11-17(13)22-18(26)12-27-20-24-23-19(14-8-9-14)25(20)16-5-3-2-4-6-16/h2-7,10-11,14H,8-9,12H2,1H3,(H,22,26). The Morgan fingerprint density at radius 3 is 2.74 bits per heavy atom. The third-order valence-corrected chi connectivity index (χ3v) is 5.35. The number of halogens is 1. The van der Waals surface area contributed by atoms with Crippen LogP contribution in [0.4, 0.5) is 10.1 Å².